The molecule has 0 saturated heterocycles. The molecule has 0 atom stereocenters. The van der Waals surface area contributed by atoms with Crippen molar-refractivity contribution in [1.82, 2.24) is 9.73 Å². The summed E-state index contributed by atoms with van der Waals surface area (Å²) < 4.78 is 32.6. The molecule has 0 bridgehead atoms. The van der Waals surface area contributed by atoms with Gasteiger partial charge in [-0.25, -0.2) is 13.8 Å². The van der Waals surface area contributed by atoms with Gasteiger partial charge in [-0.1, -0.05) is 35.9 Å². The second kappa shape index (κ2) is 9.71. The number of rotatable bonds is 8. The molecule has 0 aliphatic heterocycles. The van der Waals surface area contributed by atoms with Crippen LogP contribution in [0.2, 0.25) is 5.02 Å². The van der Waals surface area contributed by atoms with Crippen LogP contribution >= 0.6 is 11.6 Å². The van der Waals surface area contributed by atoms with Gasteiger partial charge in [0.25, 0.3) is 5.91 Å². The van der Waals surface area contributed by atoms with Crippen LogP contribution in [0.4, 0.5) is 0 Å². The fourth-order valence-electron chi connectivity index (χ4n) is 2.69. The zero-order valence-corrected chi connectivity index (χ0v) is 17.7. The summed E-state index contributed by atoms with van der Waals surface area (Å²) in [5, 5.41) is 4.22. The predicted molar refractivity (Wildman–Crippen MR) is 115 cm³/mol. The molecule has 0 saturated carbocycles. The highest BCUT2D eigenvalue weighted by Crippen LogP contribution is 2.21. The number of hydrazone groups is 1. The van der Waals surface area contributed by atoms with Crippen molar-refractivity contribution in [1.29, 1.82) is 0 Å². The highest BCUT2D eigenvalue weighted by Gasteiger charge is 2.27. The zero-order chi connectivity index (χ0) is 21.6. The summed E-state index contributed by atoms with van der Waals surface area (Å²) in [6.45, 7) is 1.51. The lowest BCUT2D eigenvalue weighted by atomic mass is 10.1. The van der Waals surface area contributed by atoms with Crippen LogP contribution in [0, 0.1) is 6.92 Å². The van der Waals surface area contributed by atoms with Crippen LogP contribution in [0.25, 0.3) is 0 Å². The van der Waals surface area contributed by atoms with Crippen molar-refractivity contribution in [2.75, 3.05) is 6.54 Å². The normalized spacial score (nSPS) is 11.8. The lowest BCUT2D eigenvalue weighted by Crippen LogP contribution is -2.39. The third kappa shape index (κ3) is 5.56. The Balaban J connectivity index is 1.82. The van der Waals surface area contributed by atoms with Crippen molar-refractivity contribution in [3.05, 3.63) is 88.8 Å². The van der Waals surface area contributed by atoms with Gasteiger partial charge in [0.05, 0.1) is 23.9 Å². The minimum absolute atomic E-state index is 0.0347. The standard InChI is InChI=1S/C21H20ClN3O4S/c1-16-5-2-3-6-17(16)14-25(30(27,28)20-10-8-18(22)9-11-20)15-21(26)24-23-13-19-7-4-12-29-19/h2-13H,14-15H2,1H3,(H,24,26)/b23-13-. The molecule has 0 fully saturated rings. The molecule has 1 N–H and O–H groups in total. The quantitative estimate of drug-likeness (QED) is 0.423. The molecule has 3 rings (SSSR count). The molecule has 0 spiro atoms. The van der Waals surface area contributed by atoms with E-state index in [0.29, 0.717) is 10.8 Å². The van der Waals surface area contributed by atoms with Crippen LogP contribution in [-0.2, 0) is 21.4 Å². The van der Waals surface area contributed by atoms with E-state index in [0.717, 1.165) is 15.4 Å². The molecule has 1 amide bonds. The van der Waals surface area contributed by atoms with Crippen molar-refractivity contribution in [3.63, 3.8) is 0 Å². The maximum absolute atomic E-state index is 13.2. The topological polar surface area (TPSA) is 92.0 Å². The van der Waals surface area contributed by atoms with Gasteiger partial charge in [-0.05, 0) is 54.4 Å². The number of benzene rings is 2. The Labute approximate surface area is 180 Å². The van der Waals surface area contributed by atoms with E-state index in [1.54, 1.807) is 12.1 Å². The third-order valence-electron chi connectivity index (χ3n) is 4.30. The van der Waals surface area contributed by atoms with E-state index in [9.17, 15) is 13.2 Å². The van der Waals surface area contributed by atoms with Crippen LogP contribution in [-0.4, -0.2) is 31.4 Å². The molecule has 9 heteroatoms. The number of sulfonamides is 1. The number of carbonyl (C=O) groups is 1. The molecular formula is C21H20ClN3O4S. The first-order valence-corrected chi connectivity index (χ1v) is 10.8. The van der Waals surface area contributed by atoms with Crippen molar-refractivity contribution in [2.24, 2.45) is 5.10 Å². The molecule has 0 unspecified atom stereocenters. The van der Waals surface area contributed by atoms with Crippen LogP contribution in [0.5, 0.6) is 0 Å². The molecule has 0 aliphatic carbocycles. The van der Waals surface area contributed by atoms with Gasteiger partial charge in [0.15, 0.2) is 0 Å². The van der Waals surface area contributed by atoms with Crippen molar-refractivity contribution in [2.45, 2.75) is 18.4 Å². The van der Waals surface area contributed by atoms with Crippen molar-refractivity contribution < 1.29 is 17.6 Å². The van der Waals surface area contributed by atoms with Crippen LogP contribution in [0.3, 0.4) is 0 Å². The molecule has 1 aromatic heterocycles. The van der Waals surface area contributed by atoms with Gasteiger partial charge in [0.1, 0.15) is 5.76 Å². The van der Waals surface area contributed by atoms with Crippen molar-refractivity contribution in [3.8, 4) is 0 Å². The summed E-state index contributed by atoms with van der Waals surface area (Å²) in [7, 11) is -3.95. The van der Waals surface area contributed by atoms with E-state index in [1.807, 2.05) is 31.2 Å². The summed E-state index contributed by atoms with van der Waals surface area (Å²) in [6, 6.07) is 16.6. The van der Waals surface area contributed by atoms with E-state index in [2.05, 4.69) is 10.5 Å². The minimum Gasteiger partial charge on any atom is -0.463 e. The molecule has 156 valence electrons. The summed E-state index contributed by atoms with van der Waals surface area (Å²) in [5.41, 5.74) is 4.04. The monoisotopic (exact) mass is 445 g/mol. The number of hydrogen-bond acceptors (Lipinski definition) is 5. The summed E-state index contributed by atoms with van der Waals surface area (Å²) in [4.78, 5) is 12.5. The molecule has 30 heavy (non-hydrogen) atoms. The van der Waals surface area contributed by atoms with E-state index in [1.165, 1.54) is 36.7 Å². The first-order chi connectivity index (χ1) is 14.4. The number of hydrogen-bond donors (Lipinski definition) is 1. The van der Waals surface area contributed by atoms with Gasteiger partial charge in [0.2, 0.25) is 10.0 Å². The smallest absolute Gasteiger partial charge is 0.255 e. The molecule has 1 heterocycles. The number of nitrogens with one attached hydrogen (secondary N) is 1. The lowest BCUT2D eigenvalue weighted by molar-refractivity contribution is -0.121. The number of nitrogens with zero attached hydrogens (tertiary/aromatic N) is 2. The fraction of sp³-hybridized carbons (Fsp3) is 0.143. The average Bonchev–Trinajstić information content (AvgIpc) is 3.23. The van der Waals surface area contributed by atoms with Crippen LogP contribution in [0.1, 0.15) is 16.9 Å². The second-order valence-corrected chi connectivity index (χ2v) is 8.84. The molecule has 2 aromatic carbocycles. The second-order valence-electron chi connectivity index (χ2n) is 6.46. The third-order valence-corrected chi connectivity index (χ3v) is 6.36. The fourth-order valence-corrected chi connectivity index (χ4v) is 4.19. The van der Waals surface area contributed by atoms with Gasteiger partial charge >= 0.3 is 0 Å². The Hall–Kier alpha value is -2.94. The van der Waals surface area contributed by atoms with E-state index in [4.69, 9.17) is 16.0 Å². The maximum atomic E-state index is 13.2. The number of carbonyl (C=O) groups excluding carboxylic acids is 1. The molecule has 0 aliphatic rings. The number of aryl methyl sites for hydroxylation is 1. The van der Waals surface area contributed by atoms with E-state index < -0.39 is 22.5 Å². The van der Waals surface area contributed by atoms with Crippen LogP contribution in [0.15, 0.2) is 81.3 Å². The molecule has 3 aromatic rings. The van der Waals surface area contributed by atoms with E-state index >= 15 is 0 Å². The predicted octanol–water partition coefficient (Wildman–Crippen LogP) is 3.58. The summed E-state index contributed by atoms with van der Waals surface area (Å²) >= 11 is 5.88. The van der Waals surface area contributed by atoms with Crippen LogP contribution < -0.4 is 5.43 Å². The Morgan fingerprint density at radius 3 is 2.53 bits per heavy atom. The Morgan fingerprint density at radius 2 is 1.87 bits per heavy atom. The number of furan rings is 1. The Morgan fingerprint density at radius 1 is 1.13 bits per heavy atom. The molecule has 7 nitrogen and oxygen atoms in total. The lowest BCUT2D eigenvalue weighted by Gasteiger charge is -2.22. The zero-order valence-electron chi connectivity index (χ0n) is 16.2. The summed E-state index contributed by atoms with van der Waals surface area (Å²) in [6.07, 6.45) is 2.81. The maximum Gasteiger partial charge on any atom is 0.255 e. The van der Waals surface area contributed by atoms with Crippen molar-refractivity contribution >= 4 is 33.7 Å². The van der Waals surface area contributed by atoms with Gasteiger partial charge in [0, 0.05) is 11.6 Å². The first-order valence-electron chi connectivity index (χ1n) is 9.02. The SMILES string of the molecule is Cc1ccccc1CN(CC(=O)N/N=C\c1ccco1)S(=O)(=O)c1ccc(Cl)cc1. The van der Waals surface area contributed by atoms with Gasteiger partial charge < -0.3 is 4.42 Å². The molecule has 0 radical (unpaired) electrons. The van der Waals surface area contributed by atoms with E-state index in [-0.39, 0.29) is 11.4 Å². The number of amides is 1. The summed E-state index contributed by atoms with van der Waals surface area (Å²) in [5.74, 6) is -0.121. The average molecular weight is 446 g/mol. The Kier molecular flexibility index (Phi) is 7.04. The largest absolute Gasteiger partial charge is 0.463 e. The first kappa shape index (κ1) is 21.8. The highest BCUT2D eigenvalue weighted by molar-refractivity contribution is 7.89. The molecular weight excluding hydrogens is 426 g/mol. The number of halogens is 1. The van der Waals surface area contributed by atoms with Gasteiger partial charge in [-0.15, -0.1) is 0 Å². The minimum atomic E-state index is -3.95. The highest BCUT2D eigenvalue weighted by atomic mass is 35.5. The van der Waals surface area contributed by atoms with Gasteiger partial charge in [-0.3, -0.25) is 4.79 Å². The van der Waals surface area contributed by atoms with Gasteiger partial charge in [-0.2, -0.15) is 9.41 Å². The Bertz CT molecular complexity index is 1130.